The van der Waals surface area contributed by atoms with Gasteiger partial charge in [-0.15, -0.1) is 0 Å². The van der Waals surface area contributed by atoms with Crippen LogP contribution in [0.3, 0.4) is 0 Å². The van der Waals surface area contributed by atoms with Crippen molar-refractivity contribution in [3.63, 3.8) is 0 Å². The largest absolute Gasteiger partial charge is 0.496 e. The first-order valence-electron chi connectivity index (χ1n) is 7.82. The molecule has 2 rings (SSSR count). The van der Waals surface area contributed by atoms with Gasteiger partial charge < -0.3 is 9.47 Å². The van der Waals surface area contributed by atoms with E-state index in [1.54, 1.807) is 43.5 Å². The molecule has 0 atom stereocenters. The van der Waals surface area contributed by atoms with Crippen molar-refractivity contribution < 1.29 is 17.9 Å². The highest BCUT2D eigenvalue weighted by atomic mass is 32.2. The second-order valence-electron chi connectivity index (χ2n) is 5.62. The topological polar surface area (TPSA) is 64.6 Å². The minimum atomic E-state index is -3.65. The lowest BCUT2D eigenvalue weighted by Crippen LogP contribution is -2.13. The van der Waals surface area contributed by atoms with Crippen molar-refractivity contribution in [2.24, 2.45) is 0 Å². The van der Waals surface area contributed by atoms with Crippen LogP contribution in [0.5, 0.6) is 11.5 Å². The minimum Gasteiger partial charge on any atom is -0.496 e. The van der Waals surface area contributed by atoms with Gasteiger partial charge in [0.2, 0.25) is 0 Å². The van der Waals surface area contributed by atoms with Crippen molar-refractivity contribution in [1.29, 1.82) is 0 Å². The van der Waals surface area contributed by atoms with Crippen molar-refractivity contribution in [2.75, 3.05) is 11.8 Å². The standard InChI is InChI=1S/C18H23NO4S/c1-5-14-12-17(10-11-18(14)22-4)24(20,21)19-15-6-8-16(9-7-15)23-13(2)3/h6-13,19H,5H2,1-4H3. The number of hydrogen-bond acceptors (Lipinski definition) is 4. The van der Waals surface area contributed by atoms with E-state index in [0.29, 0.717) is 23.6 Å². The zero-order chi connectivity index (χ0) is 17.7. The Kier molecular flexibility index (Phi) is 5.72. The monoisotopic (exact) mass is 349 g/mol. The van der Waals surface area contributed by atoms with Crippen LogP contribution in [0, 0.1) is 0 Å². The molecular weight excluding hydrogens is 326 g/mol. The highest BCUT2D eigenvalue weighted by molar-refractivity contribution is 7.92. The van der Waals surface area contributed by atoms with Gasteiger partial charge in [0, 0.05) is 5.69 Å². The number of aryl methyl sites for hydroxylation is 1. The molecule has 0 saturated carbocycles. The summed E-state index contributed by atoms with van der Waals surface area (Å²) in [4.78, 5) is 0.211. The van der Waals surface area contributed by atoms with Crippen LogP contribution in [0.15, 0.2) is 47.4 Å². The summed E-state index contributed by atoms with van der Waals surface area (Å²) in [5.74, 6) is 1.39. The quantitative estimate of drug-likeness (QED) is 0.825. The van der Waals surface area contributed by atoms with Crippen molar-refractivity contribution in [3.05, 3.63) is 48.0 Å². The highest BCUT2D eigenvalue weighted by Gasteiger charge is 2.16. The average Bonchev–Trinajstić information content (AvgIpc) is 2.55. The van der Waals surface area contributed by atoms with Gasteiger partial charge in [-0.05, 0) is 68.3 Å². The number of methoxy groups -OCH3 is 1. The first-order chi connectivity index (χ1) is 11.4. The molecule has 0 unspecified atom stereocenters. The third-order valence-electron chi connectivity index (χ3n) is 3.42. The Morgan fingerprint density at radius 1 is 1.08 bits per heavy atom. The van der Waals surface area contributed by atoms with E-state index in [1.165, 1.54) is 6.07 Å². The van der Waals surface area contributed by atoms with Gasteiger partial charge in [-0.25, -0.2) is 8.42 Å². The summed E-state index contributed by atoms with van der Waals surface area (Å²) in [6, 6.07) is 11.7. The minimum absolute atomic E-state index is 0.0688. The zero-order valence-electron chi connectivity index (χ0n) is 14.4. The van der Waals surface area contributed by atoms with Crippen LogP contribution < -0.4 is 14.2 Å². The average molecular weight is 349 g/mol. The molecule has 0 fully saturated rings. The summed E-state index contributed by atoms with van der Waals surface area (Å²) >= 11 is 0. The molecule has 0 amide bonds. The van der Waals surface area contributed by atoms with Gasteiger partial charge >= 0.3 is 0 Å². The van der Waals surface area contributed by atoms with Crippen LogP contribution in [-0.2, 0) is 16.4 Å². The fraction of sp³-hybridized carbons (Fsp3) is 0.333. The van der Waals surface area contributed by atoms with Crippen LogP contribution in [0.4, 0.5) is 5.69 Å². The molecule has 0 aliphatic heterocycles. The van der Waals surface area contributed by atoms with Crippen LogP contribution in [0.1, 0.15) is 26.3 Å². The SMILES string of the molecule is CCc1cc(S(=O)(=O)Nc2ccc(OC(C)C)cc2)ccc1OC. The van der Waals surface area contributed by atoms with E-state index < -0.39 is 10.0 Å². The second kappa shape index (κ2) is 7.57. The normalized spacial score (nSPS) is 11.4. The molecular formula is C18H23NO4S. The van der Waals surface area contributed by atoms with Gasteiger partial charge in [0.15, 0.2) is 0 Å². The fourth-order valence-electron chi connectivity index (χ4n) is 2.29. The van der Waals surface area contributed by atoms with E-state index in [1.807, 2.05) is 20.8 Å². The van der Waals surface area contributed by atoms with E-state index >= 15 is 0 Å². The van der Waals surface area contributed by atoms with Crippen molar-refractivity contribution in [2.45, 2.75) is 38.2 Å². The predicted octanol–water partition coefficient (Wildman–Crippen LogP) is 3.85. The molecule has 5 nitrogen and oxygen atoms in total. The molecule has 0 heterocycles. The van der Waals surface area contributed by atoms with Gasteiger partial charge in [0.25, 0.3) is 10.0 Å². The van der Waals surface area contributed by atoms with Crippen molar-refractivity contribution in [1.82, 2.24) is 0 Å². The van der Waals surface area contributed by atoms with Crippen LogP contribution in [-0.4, -0.2) is 21.6 Å². The molecule has 0 aliphatic carbocycles. The second-order valence-corrected chi connectivity index (χ2v) is 7.31. The molecule has 6 heteroatoms. The smallest absolute Gasteiger partial charge is 0.261 e. The molecule has 0 radical (unpaired) electrons. The number of nitrogens with one attached hydrogen (secondary N) is 1. The van der Waals surface area contributed by atoms with E-state index in [0.717, 1.165) is 5.56 Å². The summed E-state index contributed by atoms with van der Waals surface area (Å²) in [5.41, 5.74) is 1.33. The third kappa shape index (κ3) is 4.41. The summed E-state index contributed by atoms with van der Waals surface area (Å²) in [5, 5.41) is 0. The van der Waals surface area contributed by atoms with Gasteiger partial charge in [0.1, 0.15) is 11.5 Å². The molecule has 0 aromatic heterocycles. The molecule has 0 bridgehead atoms. The zero-order valence-corrected chi connectivity index (χ0v) is 15.2. The fourth-order valence-corrected chi connectivity index (χ4v) is 3.40. The molecule has 0 spiro atoms. The number of sulfonamides is 1. The Balaban J connectivity index is 2.22. The number of hydrogen-bond donors (Lipinski definition) is 1. The number of benzene rings is 2. The predicted molar refractivity (Wildman–Crippen MR) is 95.4 cm³/mol. The van der Waals surface area contributed by atoms with E-state index in [9.17, 15) is 8.42 Å². The third-order valence-corrected chi connectivity index (χ3v) is 4.80. The number of anilines is 1. The lowest BCUT2D eigenvalue weighted by Gasteiger charge is -2.13. The molecule has 0 aliphatic rings. The molecule has 2 aromatic rings. The molecule has 24 heavy (non-hydrogen) atoms. The number of rotatable bonds is 7. The Hall–Kier alpha value is -2.21. The summed E-state index contributed by atoms with van der Waals surface area (Å²) in [6.45, 7) is 5.83. The van der Waals surface area contributed by atoms with Gasteiger partial charge in [0.05, 0.1) is 18.1 Å². The van der Waals surface area contributed by atoms with Crippen LogP contribution in [0.25, 0.3) is 0 Å². The molecule has 1 N–H and O–H groups in total. The molecule has 130 valence electrons. The lowest BCUT2D eigenvalue weighted by atomic mass is 10.1. The Bertz CT molecular complexity index is 783. The first kappa shape index (κ1) is 18.1. The Labute approximate surface area is 143 Å². The number of ether oxygens (including phenoxy) is 2. The Morgan fingerprint density at radius 2 is 1.75 bits per heavy atom. The maximum Gasteiger partial charge on any atom is 0.261 e. The first-order valence-corrected chi connectivity index (χ1v) is 9.30. The lowest BCUT2D eigenvalue weighted by molar-refractivity contribution is 0.242. The summed E-state index contributed by atoms with van der Waals surface area (Å²) in [7, 11) is -2.08. The van der Waals surface area contributed by atoms with E-state index in [2.05, 4.69) is 4.72 Å². The highest BCUT2D eigenvalue weighted by Crippen LogP contribution is 2.25. The van der Waals surface area contributed by atoms with E-state index in [4.69, 9.17) is 9.47 Å². The van der Waals surface area contributed by atoms with Gasteiger partial charge in [-0.1, -0.05) is 6.92 Å². The summed E-state index contributed by atoms with van der Waals surface area (Å²) < 4.78 is 38.5. The van der Waals surface area contributed by atoms with Crippen LogP contribution >= 0.6 is 0 Å². The Morgan fingerprint density at radius 3 is 2.29 bits per heavy atom. The molecule has 2 aromatic carbocycles. The van der Waals surface area contributed by atoms with Gasteiger partial charge in [-0.3, -0.25) is 4.72 Å². The van der Waals surface area contributed by atoms with Crippen LogP contribution in [0.2, 0.25) is 0 Å². The summed E-state index contributed by atoms with van der Waals surface area (Å²) in [6.07, 6.45) is 0.757. The van der Waals surface area contributed by atoms with E-state index in [-0.39, 0.29) is 11.0 Å². The maximum absolute atomic E-state index is 12.5. The maximum atomic E-state index is 12.5. The van der Waals surface area contributed by atoms with Crippen molar-refractivity contribution in [3.8, 4) is 11.5 Å². The van der Waals surface area contributed by atoms with Gasteiger partial charge in [-0.2, -0.15) is 0 Å². The molecule has 0 saturated heterocycles. The van der Waals surface area contributed by atoms with Crippen molar-refractivity contribution >= 4 is 15.7 Å².